The van der Waals surface area contributed by atoms with E-state index in [1.54, 1.807) is 6.20 Å². The summed E-state index contributed by atoms with van der Waals surface area (Å²) in [5, 5.41) is 27.2. The summed E-state index contributed by atoms with van der Waals surface area (Å²) in [5.74, 6) is -3.69. The summed E-state index contributed by atoms with van der Waals surface area (Å²) >= 11 is 4.16. The number of imidazole rings is 1. The van der Waals surface area contributed by atoms with Gasteiger partial charge in [-0.1, -0.05) is 18.2 Å². The van der Waals surface area contributed by atoms with E-state index in [2.05, 4.69) is 43.5 Å². The SMILES string of the molecule is CC(O)C(NC(=O)C(Cc1cnc[nH]1)NC(=O)C(CS)NC(=O)C(N)Cc1c[nH]c2ccccc12)C(=O)O. The molecular weight excluding hydrogens is 514 g/mol. The molecule has 0 saturated heterocycles. The fourth-order valence-electron chi connectivity index (χ4n) is 3.84. The molecule has 3 amide bonds. The molecule has 5 unspecified atom stereocenters. The molecule has 38 heavy (non-hydrogen) atoms. The van der Waals surface area contributed by atoms with Crippen LogP contribution < -0.4 is 21.7 Å². The number of aliphatic hydroxyl groups excluding tert-OH is 1. The molecule has 1 aromatic carbocycles. The van der Waals surface area contributed by atoms with Gasteiger partial charge in [-0.2, -0.15) is 12.6 Å². The predicted octanol–water partition coefficient (Wildman–Crippen LogP) is -1.15. The number of carboxylic acids is 1. The summed E-state index contributed by atoms with van der Waals surface area (Å²) in [5.41, 5.74) is 8.36. The van der Waals surface area contributed by atoms with E-state index in [9.17, 15) is 29.4 Å². The minimum absolute atomic E-state index is 0.0585. The van der Waals surface area contributed by atoms with Crippen molar-refractivity contribution in [1.29, 1.82) is 0 Å². The highest BCUT2D eigenvalue weighted by Crippen LogP contribution is 2.18. The maximum Gasteiger partial charge on any atom is 0.328 e. The Kier molecular flexibility index (Phi) is 9.87. The smallest absolute Gasteiger partial charge is 0.328 e. The van der Waals surface area contributed by atoms with Crippen molar-refractivity contribution in [2.24, 2.45) is 5.73 Å². The lowest BCUT2D eigenvalue weighted by atomic mass is 10.0. The number of nitrogens with one attached hydrogen (secondary N) is 5. The number of aliphatic hydroxyl groups is 1. The second-order valence-electron chi connectivity index (χ2n) is 8.82. The molecule has 9 N–H and O–H groups in total. The van der Waals surface area contributed by atoms with E-state index in [-0.39, 0.29) is 18.6 Å². The van der Waals surface area contributed by atoms with Gasteiger partial charge in [0.25, 0.3) is 0 Å². The number of aliphatic carboxylic acids is 1. The third-order valence-electron chi connectivity index (χ3n) is 5.93. The first-order valence-electron chi connectivity index (χ1n) is 11.8. The number of hydrogen-bond acceptors (Lipinski definition) is 8. The largest absolute Gasteiger partial charge is 0.480 e. The number of para-hydroxylation sites is 1. The molecule has 0 spiro atoms. The van der Waals surface area contributed by atoms with E-state index in [1.165, 1.54) is 19.4 Å². The number of H-pyrrole nitrogens is 2. The van der Waals surface area contributed by atoms with E-state index in [0.717, 1.165) is 16.5 Å². The summed E-state index contributed by atoms with van der Waals surface area (Å²) < 4.78 is 0. The zero-order valence-corrected chi connectivity index (χ0v) is 21.4. The number of rotatable bonds is 13. The second kappa shape index (κ2) is 13.1. The van der Waals surface area contributed by atoms with Crippen LogP contribution in [0.15, 0.2) is 43.0 Å². The van der Waals surface area contributed by atoms with Crippen molar-refractivity contribution in [2.45, 2.75) is 50.0 Å². The fourth-order valence-corrected chi connectivity index (χ4v) is 4.10. The lowest BCUT2D eigenvalue weighted by molar-refractivity contribution is -0.145. The monoisotopic (exact) mass is 545 g/mol. The van der Waals surface area contributed by atoms with Crippen molar-refractivity contribution in [1.82, 2.24) is 30.9 Å². The van der Waals surface area contributed by atoms with Crippen LogP contribution in [0.1, 0.15) is 18.2 Å². The van der Waals surface area contributed by atoms with Crippen molar-refractivity contribution < 1.29 is 29.4 Å². The van der Waals surface area contributed by atoms with Crippen LogP contribution in [0.25, 0.3) is 10.9 Å². The number of aromatic nitrogens is 3. The average Bonchev–Trinajstić information content (AvgIpc) is 3.54. The first-order valence-corrected chi connectivity index (χ1v) is 12.4. The molecule has 0 aliphatic rings. The molecular formula is C24H31N7O6S. The average molecular weight is 546 g/mol. The molecule has 13 nitrogen and oxygen atoms in total. The molecule has 0 radical (unpaired) electrons. The maximum absolute atomic E-state index is 13.0. The highest BCUT2D eigenvalue weighted by molar-refractivity contribution is 7.80. The van der Waals surface area contributed by atoms with Gasteiger partial charge in [0.1, 0.15) is 12.1 Å². The topological polar surface area (TPSA) is 215 Å². The van der Waals surface area contributed by atoms with Gasteiger partial charge in [0.05, 0.1) is 18.5 Å². The molecule has 2 aromatic heterocycles. The number of hydrogen-bond donors (Lipinski definition) is 9. The number of amides is 3. The standard InChI is InChI=1S/C24H31N7O6S/c1-12(32)20(24(36)37)31-22(34)18(7-14-9-26-11-28-14)29-23(35)19(10-38)30-21(33)16(25)6-13-8-27-17-5-3-2-4-15(13)17/h2-5,8-9,11-12,16,18-20,27,32,38H,6-7,10,25H2,1H3,(H,26,28)(H,29,35)(H,30,33)(H,31,34)(H,36,37). The fraction of sp³-hybridized carbons (Fsp3) is 0.375. The summed E-state index contributed by atoms with van der Waals surface area (Å²) in [6.07, 6.45) is 3.37. The zero-order valence-electron chi connectivity index (χ0n) is 20.5. The Hall–Kier alpha value is -3.88. The Morgan fingerprint density at radius 3 is 2.34 bits per heavy atom. The van der Waals surface area contributed by atoms with Gasteiger partial charge >= 0.3 is 5.97 Å². The van der Waals surface area contributed by atoms with Gasteiger partial charge in [-0.15, -0.1) is 0 Å². The molecule has 14 heteroatoms. The number of benzene rings is 1. The van der Waals surface area contributed by atoms with Crippen LogP contribution in [0.2, 0.25) is 0 Å². The summed E-state index contributed by atoms with van der Waals surface area (Å²) in [6.45, 7) is 1.22. The summed E-state index contributed by atoms with van der Waals surface area (Å²) in [4.78, 5) is 59.9. The lowest BCUT2D eigenvalue weighted by Gasteiger charge is -2.25. The number of carbonyl (C=O) groups excluding carboxylic acids is 3. The number of nitrogens with zero attached hydrogens (tertiary/aromatic N) is 1. The number of thiol groups is 1. The van der Waals surface area contributed by atoms with Gasteiger partial charge in [-0.3, -0.25) is 14.4 Å². The molecule has 2 heterocycles. The van der Waals surface area contributed by atoms with Crippen LogP contribution >= 0.6 is 12.6 Å². The molecule has 3 rings (SSSR count). The van der Waals surface area contributed by atoms with Crippen LogP contribution in [-0.4, -0.2) is 84.9 Å². The first kappa shape index (κ1) is 28.7. The third-order valence-corrected chi connectivity index (χ3v) is 6.29. The van der Waals surface area contributed by atoms with E-state index in [4.69, 9.17) is 5.73 Å². The highest BCUT2D eigenvalue weighted by Gasteiger charge is 2.32. The van der Waals surface area contributed by atoms with Crippen molar-refractivity contribution >= 4 is 47.2 Å². The molecule has 0 aliphatic carbocycles. The number of aromatic amines is 2. The molecule has 0 aliphatic heterocycles. The Balaban J connectivity index is 1.67. The minimum atomic E-state index is -1.59. The normalized spacial score (nSPS) is 15.2. The number of carbonyl (C=O) groups is 4. The van der Waals surface area contributed by atoms with E-state index < -0.39 is 54.0 Å². The zero-order chi connectivity index (χ0) is 27.8. The highest BCUT2D eigenvalue weighted by atomic mass is 32.1. The Labute approximate surface area is 223 Å². The Morgan fingerprint density at radius 2 is 1.71 bits per heavy atom. The Morgan fingerprint density at radius 1 is 1.03 bits per heavy atom. The maximum atomic E-state index is 13.0. The summed E-state index contributed by atoms with van der Waals surface area (Å²) in [7, 11) is 0. The molecule has 0 saturated carbocycles. The van der Waals surface area contributed by atoms with Gasteiger partial charge in [-0.05, 0) is 25.0 Å². The minimum Gasteiger partial charge on any atom is -0.480 e. The Bertz CT molecular complexity index is 1260. The molecule has 204 valence electrons. The van der Waals surface area contributed by atoms with Gasteiger partial charge < -0.3 is 41.9 Å². The number of carboxylic acid groups (broad SMARTS) is 1. The number of nitrogens with two attached hydrogens (primary N) is 1. The number of fused-ring (bicyclic) bond motifs is 1. The van der Waals surface area contributed by atoms with Gasteiger partial charge in [0.2, 0.25) is 17.7 Å². The van der Waals surface area contributed by atoms with Gasteiger partial charge in [-0.25, -0.2) is 9.78 Å². The summed E-state index contributed by atoms with van der Waals surface area (Å²) in [6, 6.07) is 2.64. The molecule has 0 bridgehead atoms. The predicted molar refractivity (Wildman–Crippen MR) is 141 cm³/mol. The van der Waals surface area contributed by atoms with Crippen LogP contribution in [0.5, 0.6) is 0 Å². The van der Waals surface area contributed by atoms with E-state index in [0.29, 0.717) is 5.69 Å². The van der Waals surface area contributed by atoms with Crippen molar-refractivity contribution in [3.05, 3.63) is 54.2 Å². The van der Waals surface area contributed by atoms with Crippen molar-refractivity contribution in [3.8, 4) is 0 Å². The van der Waals surface area contributed by atoms with Gasteiger partial charge in [0, 0.05) is 41.2 Å². The van der Waals surface area contributed by atoms with Crippen LogP contribution in [-0.2, 0) is 32.0 Å². The lowest BCUT2D eigenvalue weighted by Crippen LogP contribution is -2.59. The molecule has 0 fully saturated rings. The van der Waals surface area contributed by atoms with Gasteiger partial charge in [0.15, 0.2) is 6.04 Å². The van der Waals surface area contributed by atoms with Crippen LogP contribution in [0.4, 0.5) is 0 Å². The quantitative estimate of drug-likeness (QED) is 0.119. The second-order valence-corrected chi connectivity index (χ2v) is 9.19. The van der Waals surface area contributed by atoms with E-state index >= 15 is 0 Å². The first-order chi connectivity index (χ1) is 18.1. The third kappa shape index (κ3) is 7.34. The van der Waals surface area contributed by atoms with Crippen molar-refractivity contribution in [3.63, 3.8) is 0 Å². The van der Waals surface area contributed by atoms with Crippen molar-refractivity contribution in [2.75, 3.05) is 5.75 Å². The molecule has 3 aromatic rings. The van der Waals surface area contributed by atoms with Crippen LogP contribution in [0.3, 0.4) is 0 Å². The van der Waals surface area contributed by atoms with Crippen LogP contribution in [0, 0.1) is 0 Å². The molecule has 5 atom stereocenters. The van der Waals surface area contributed by atoms with E-state index in [1.807, 2.05) is 24.3 Å².